The summed E-state index contributed by atoms with van der Waals surface area (Å²) in [6, 6.07) is 23.0. The van der Waals surface area contributed by atoms with E-state index in [0.29, 0.717) is 12.1 Å². The van der Waals surface area contributed by atoms with Crippen LogP contribution in [0.4, 0.5) is 5.69 Å². The number of carboxylic acid groups (broad SMARTS) is 1. The molecule has 1 fully saturated rings. The number of anilines is 1. The van der Waals surface area contributed by atoms with Gasteiger partial charge in [-0.25, -0.2) is 0 Å². The number of aryl methyl sites for hydroxylation is 1. The van der Waals surface area contributed by atoms with Gasteiger partial charge in [-0.05, 0) is 78.6 Å². The summed E-state index contributed by atoms with van der Waals surface area (Å²) in [5.74, 6) is -0.546. The maximum Gasteiger partial charge on any atom is 0.303 e. The molecule has 0 bridgehead atoms. The van der Waals surface area contributed by atoms with E-state index in [9.17, 15) is 9.90 Å². The predicted molar refractivity (Wildman–Crippen MR) is 130 cm³/mol. The highest BCUT2D eigenvalue weighted by molar-refractivity contribution is 5.86. The van der Waals surface area contributed by atoms with Crippen LogP contribution in [-0.4, -0.2) is 29.7 Å². The Morgan fingerprint density at radius 1 is 1.16 bits per heavy atom. The Bertz CT molecular complexity index is 1140. The van der Waals surface area contributed by atoms with Crippen LogP contribution < -0.4 is 10.2 Å². The Labute approximate surface area is 190 Å². The average Bonchev–Trinajstić information content (AvgIpc) is 3.35. The number of aliphatic carboxylic acids is 1. The maximum atomic E-state index is 11.3. The van der Waals surface area contributed by atoms with Crippen LogP contribution in [0.5, 0.6) is 0 Å². The molecule has 2 aliphatic rings. The largest absolute Gasteiger partial charge is 0.481 e. The summed E-state index contributed by atoms with van der Waals surface area (Å²) in [5.41, 5.74) is 5.16. The number of benzene rings is 3. The molecule has 0 aromatic heterocycles. The number of hydrogen-bond acceptors (Lipinski definition) is 3. The van der Waals surface area contributed by atoms with Crippen molar-refractivity contribution in [3.63, 3.8) is 0 Å². The van der Waals surface area contributed by atoms with Gasteiger partial charge in [0, 0.05) is 30.4 Å². The van der Waals surface area contributed by atoms with Crippen molar-refractivity contribution < 1.29 is 9.90 Å². The third kappa shape index (κ3) is 4.00. The molecule has 4 atom stereocenters. The summed E-state index contributed by atoms with van der Waals surface area (Å²) >= 11 is 0. The SMILES string of the molecule is C[C@@H]1C[C@H](N[C@H](C)c2cccc3ccccc23)CN1c1ccc2c(c1)[C@H](CC(=O)O)CC2. The predicted octanol–water partition coefficient (Wildman–Crippen LogP) is 5.66. The van der Waals surface area contributed by atoms with Gasteiger partial charge in [-0.3, -0.25) is 4.79 Å². The molecule has 32 heavy (non-hydrogen) atoms. The average molecular weight is 429 g/mol. The van der Waals surface area contributed by atoms with E-state index in [1.807, 2.05) is 0 Å². The lowest BCUT2D eigenvalue weighted by molar-refractivity contribution is -0.137. The molecule has 1 aliphatic heterocycles. The topological polar surface area (TPSA) is 52.6 Å². The lowest BCUT2D eigenvalue weighted by Crippen LogP contribution is -2.34. The lowest BCUT2D eigenvalue weighted by atomic mass is 9.97. The second kappa shape index (κ2) is 8.59. The quantitative estimate of drug-likeness (QED) is 0.532. The van der Waals surface area contributed by atoms with Crippen molar-refractivity contribution in [3.05, 3.63) is 77.4 Å². The van der Waals surface area contributed by atoms with Crippen molar-refractivity contribution in [3.8, 4) is 0 Å². The van der Waals surface area contributed by atoms with E-state index in [4.69, 9.17) is 0 Å². The van der Waals surface area contributed by atoms with Crippen LogP contribution in [0.1, 0.15) is 61.8 Å². The highest BCUT2D eigenvalue weighted by Gasteiger charge is 2.32. The van der Waals surface area contributed by atoms with Gasteiger partial charge in [0.25, 0.3) is 0 Å². The molecule has 0 amide bonds. The molecular formula is C28H32N2O2. The second-order valence-electron chi connectivity index (χ2n) is 9.61. The van der Waals surface area contributed by atoms with Crippen LogP contribution in [0.2, 0.25) is 0 Å². The summed E-state index contributed by atoms with van der Waals surface area (Å²) in [5, 5.41) is 15.8. The first kappa shape index (κ1) is 21.0. The van der Waals surface area contributed by atoms with E-state index in [0.717, 1.165) is 25.8 Å². The molecular weight excluding hydrogens is 396 g/mol. The van der Waals surface area contributed by atoms with E-state index >= 15 is 0 Å². The van der Waals surface area contributed by atoms with Gasteiger partial charge in [-0.15, -0.1) is 0 Å². The number of hydrogen-bond donors (Lipinski definition) is 2. The summed E-state index contributed by atoms with van der Waals surface area (Å²) in [4.78, 5) is 13.8. The molecule has 3 aromatic carbocycles. The third-order valence-corrected chi connectivity index (χ3v) is 7.43. The highest BCUT2D eigenvalue weighted by Crippen LogP contribution is 2.39. The molecule has 4 nitrogen and oxygen atoms in total. The molecule has 5 rings (SSSR count). The minimum Gasteiger partial charge on any atom is -0.481 e. The van der Waals surface area contributed by atoms with E-state index in [2.05, 4.69) is 84.7 Å². The molecule has 1 saturated heterocycles. The van der Waals surface area contributed by atoms with E-state index in [1.165, 1.54) is 33.2 Å². The zero-order valence-electron chi connectivity index (χ0n) is 18.9. The standard InChI is InChI=1S/C28H32N2O2/c1-18-14-23(29-19(2)25-9-5-7-20-6-3-4-8-26(20)25)17-30(18)24-13-12-21-10-11-22(15-28(31)32)27(21)16-24/h3-9,12-13,16,18-19,22-23,29H,10-11,14-15,17H2,1-2H3,(H,31,32)/t18-,19-,22+,23+/m1/s1. The fourth-order valence-electron chi connectivity index (χ4n) is 5.86. The summed E-state index contributed by atoms with van der Waals surface area (Å²) in [7, 11) is 0. The Kier molecular flexibility index (Phi) is 5.64. The van der Waals surface area contributed by atoms with E-state index in [-0.39, 0.29) is 18.4 Å². The lowest BCUT2D eigenvalue weighted by Gasteiger charge is -2.26. The number of rotatable bonds is 6. The molecule has 1 aliphatic carbocycles. The fourth-order valence-corrected chi connectivity index (χ4v) is 5.86. The van der Waals surface area contributed by atoms with Crippen LogP contribution >= 0.6 is 0 Å². The van der Waals surface area contributed by atoms with E-state index in [1.54, 1.807) is 0 Å². The molecule has 0 unspecified atom stereocenters. The molecule has 0 radical (unpaired) electrons. The van der Waals surface area contributed by atoms with Gasteiger partial charge in [0.15, 0.2) is 0 Å². The number of carbonyl (C=O) groups is 1. The van der Waals surface area contributed by atoms with Crippen molar-refractivity contribution in [2.75, 3.05) is 11.4 Å². The van der Waals surface area contributed by atoms with Crippen LogP contribution in [0, 0.1) is 0 Å². The molecule has 2 N–H and O–H groups in total. The monoisotopic (exact) mass is 428 g/mol. The Morgan fingerprint density at radius 2 is 1.97 bits per heavy atom. The molecule has 1 heterocycles. The summed E-state index contributed by atoms with van der Waals surface area (Å²) < 4.78 is 0. The number of carboxylic acids is 1. The molecule has 166 valence electrons. The molecule has 0 saturated carbocycles. The molecule has 4 heteroatoms. The van der Waals surface area contributed by atoms with Crippen molar-refractivity contribution in [1.29, 1.82) is 0 Å². The van der Waals surface area contributed by atoms with Gasteiger partial charge in [0.05, 0.1) is 6.42 Å². The van der Waals surface area contributed by atoms with Gasteiger partial charge in [-0.1, -0.05) is 48.5 Å². The van der Waals surface area contributed by atoms with Crippen LogP contribution in [0.3, 0.4) is 0 Å². The van der Waals surface area contributed by atoms with Gasteiger partial charge in [-0.2, -0.15) is 0 Å². The Morgan fingerprint density at radius 3 is 2.81 bits per heavy atom. The minimum absolute atomic E-state index is 0.153. The molecule has 3 aromatic rings. The highest BCUT2D eigenvalue weighted by atomic mass is 16.4. The maximum absolute atomic E-state index is 11.3. The van der Waals surface area contributed by atoms with Gasteiger partial charge >= 0.3 is 5.97 Å². The first-order valence-corrected chi connectivity index (χ1v) is 11.8. The first-order chi connectivity index (χ1) is 15.5. The minimum atomic E-state index is -0.700. The van der Waals surface area contributed by atoms with Gasteiger partial charge < -0.3 is 15.3 Å². The summed E-state index contributed by atoms with van der Waals surface area (Å²) in [6.45, 7) is 5.53. The van der Waals surface area contributed by atoms with Gasteiger partial charge in [0.2, 0.25) is 0 Å². The Balaban J connectivity index is 1.32. The van der Waals surface area contributed by atoms with Crippen LogP contribution in [0.25, 0.3) is 10.8 Å². The van der Waals surface area contributed by atoms with Gasteiger partial charge in [0.1, 0.15) is 0 Å². The number of nitrogens with zero attached hydrogens (tertiary/aromatic N) is 1. The van der Waals surface area contributed by atoms with Crippen molar-refractivity contribution in [1.82, 2.24) is 5.32 Å². The number of fused-ring (bicyclic) bond motifs is 2. The zero-order valence-corrected chi connectivity index (χ0v) is 18.9. The fraction of sp³-hybridized carbons (Fsp3) is 0.393. The zero-order chi connectivity index (χ0) is 22.2. The second-order valence-corrected chi connectivity index (χ2v) is 9.61. The summed E-state index contributed by atoms with van der Waals surface area (Å²) in [6.07, 6.45) is 3.28. The van der Waals surface area contributed by atoms with Crippen molar-refractivity contribution in [2.24, 2.45) is 0 Å². The van der Waals surface area contributed by atoms with Crippen molar-refractivity contribution >= 4 is 22.4 Å². The first-order valence-electron chi connectivity index (χ1n) is 11.8. The smallest absolute Gasteiger partial charge is 0.303 e. The van der Waals surface area contributed by atoms with Crippen molar-refractivity contribution in [2.45, 2.75) is 63.6 Å². The third-order valence-electron chi connectivity index (χ3n) is 7.43. The Hall–Kier alpha value is -2.85. The number of nitrogens with one attached hydrogen (secondary N) is 1. The van der Waals surface area contributed by atoms with Crippen LogP contribution in [0.15, 0.2) is 60.7 Å². The van der Waals surface area contributed by atoms with E-state index < -0.39 is 5.97 Å². The molecule has 0 spiro atoms. The normalized spacial score (nSPS) is 23.4. The van der Waals surface area contributed by atoms with Crippen LogP contribution in [-0.2, 0) is 11.2 Å².